The molecule has 2 nitrogen and oxygen atoms in total. The first-order valence-electron chi connectivity index (χ1n) is 6.96. The molecule has 0 bridgehead atoms. The van der Waals surface area contributed by atoms with Crippen molar-refractivity contribution in [2.24, 2.45) is 0 Å². The highest BCUT2D eigenvalue weighted by atomic mass is 32.1. The molecular formula is C14H22N2S. The first-order valence-corrected chi connectivity index (χ1v) is 7.78. The fraction of sp³-hybridized carbons (Fsp3) is 0.786. The summed E-state index contributed by atoms with van der Waals surface area (Å²) in [5, 5.41) is 5.09. The van der Waals surface area contributed by atoms with Crippen LogP contribution in [0.15, 0.2) is 0 Å². The van der Waals surface area contributed by atoms with Gasteiger partial charge < -0.3 is 5.32 Å². The smallest absolute Gasteiger partial charge is 0.0990 e. The number of rotatable bonds is 4. The van der Waals surface area contributed by atoms with Gasteiger partial charge >= 0.3 is 0 Å². The lowest BCUT2D eigenvalue weighted by molar-refractivity contribution is 0.464. The Morgan fingerprint density at radius 3 is 3.00 bits per heavy atom. The van der Waals surface area contributed by atoms with Crippen molar-refractivity contribution in [3.8, 4) is 0 Å². The third-order valence-corrected chi connectivity index (χ3v) is 5.62. The van der Waals surface area contributed by atoms with Crippen LogP contribution in [0, 0.1) is 0 Å². The van der Waals surface area contributed by atoms with Crippen molar-refractivity contribution in [1.29, 1.82) is 0 Å². The van der Waals surface area contributed by atoms with Gasteiger partial charge in [0, 0.05) is 16.3 Å². The van der Waals surface area contributed by atoms with Crippen LogP contribution in [0.2, 0.25) is 0 Å². The normalized spacial score (nSPS) is 25.6. The molecule has 0 amide bonds. The van der Waals surface area contributed by atoms with Gasteiger partial charge in [0.05, 0.1) is 10.7 Å². The number of aromatic nitrogens is 1. The lowest BCUT2D eigenvalue weighted by Crippen LogP contribution is -2.24. The quantitative estimate of drug-likeness (QED) is 0.883. The molecule has 2 aliphatic rings. The van der Waals surface area contributed by atoms with Gasteiger partial charge in [0.25, 0.3) is 0 Å². The number of thiazole rings is 1. The fourth-order valence-corrected chi connectivity index (χ4v) is 4.02. The Morgan fingerprint density at radius 1 is 1.47 bits per heavy atom. The minimum Gasteiger partial charge on any atom is -0.309 e. The monoisotopic (exact) mass is 250 g/mol. The zero-order chi connectivity index (χ0) is 11.9. The molecule has 17 heavy (non-hydrogen) atoms. The minimum absolute atomic E-state index is 0.442. The van der Waals surface area contributed by atoms with Gasteiger partial charge in [0.2, 0.25) is 0 Å². The highest BCUT2D eigenvalue weighted by Crippen LogP contribution is 2.50. The second-order valence-corrected chi connectivity index (χ2v) is 6.82. The number of nitrogens with one attached hydrogen (secondary N) is 1. The van der Waals surface area contributed by atoms with Gasteiger partial charge in [0.1, 0.15) is 0 Å². The molecule has 0 aliphatic heterocycles. The van der Waals surface area contributed by atoms with Gasteiger partial charge in [-0.2, -0.15) is 0 Å². The number of fused-ring (bicyclic) bond motifs is 1. The average molecular weight is 250 g/mol. The molecule has 1 saturated carbocycles. The number of hydrogen-bond acceptors (Lipinski definition) is 3. The van der Waals surface area contributed by atoms with Crippen LogP contribution in [0.25, 0.3) is 0 Å². The van der Waals surface area contributed by atoms with E-state index in [0.717, 1.165) is 6.54 Å². The van der Waals surface area contributed by atoms with Gasteiger partial charge in [0.15, 0.2) is 0 Å². The zero-order valence-corrected chi connectivity index (χ0v) is 11.7. The largest absolute Gasteiger partial charge is 0.309 e. The maximum atomic E-state index is 4.92. The van der Waals surface area contributed by atoms with Crippen LogP contribution in [0.3, 0.4) is 0 Å². The van der Waals surface area contributed by atoms with E-state index >= 15 is 0 Å². The highest BCUT2D eigenvalue weighted by Gasteiger charge is 2.43. The van der Waals surface area contributed by atoms with E-state index in [1.54, 1.807) is 4.88 Å². The molecule has 0 saturated heterocycles. The molecule has 0 spiro atoms. The van der Waals surface area contributed by atoms with Crippen molar-refractivity contribution >= 4 is 11.3 Å². The standard InChI is InChI=1S/C14H22N2S/c1-3-9-15-10-5-4-6-11-12(10)17-13(16-11)14(2)7-8-14/h10,15H,3-9H2,1-2H3. The van der Waals surface area contributed by atoms with Crippen LogP contribution < -0.4 is 5.32 Å². The summed E-state index contributed by atoms with van der Waals surface area (Å²) in [6.07, 6.45) is 7.69. The molecule has 1 N–H and O–H groups in total. The topological polar surface area (TPSA) is 24.9 Å². The summed E-state index contributed by atoms with van der Waals surface area (Å²) < 4.78 is 0. The van der Waals surface area contributed by atoms with E-state index in [2.05, 4.69) is 19.2 Å². The number of hydrogen-bond donors (Lipinski definition) is 1. The van der Waals surface area contributed by atoms with E-state index in [9.17, 15) is 0 Å². The third kappa shape index (κ3) is 2.15. The first-order chi connectivity index (χ1) is 8.23. The fourth-order valence-electron chi connectivity index (χ4n) is 2.59. The molecular weight excluding hydrogens is 228 g/mol. The predicted molar refractivity (Wildman–Crippen MR) is 72.7 cm³/mol. The number of nitrogens with zero attached hydrogens (tertiary/aromatic N) is 1. The van der Waals surface area contributed by atoms with Crippen LogP contribution in [0.4, 0.5) is 0 Å². The molecule has 94 valence electrons. The summed E-state index contributed by atoms with van der Waals surface area (Å²) in [5.74, 6) is 0. The molecule has 2 aliphatic carbocycles. The Hall–Kier alpha value is -0.410. The zero-order valence-electron chi connectivity index (χ0n) is 10.9. The molecule has 1 unspecified atom stereocenters. The van der Waals surface area contributed by atoms with Crippen molar-refractivity contribution in [1.82, 2.24) is 10.3 Å². The van der Waals surface area contributed by atoms with E-state index in [4.69, 9.17) is 4.98 Å². The van der Waals surface area contributed by atoms with Crippen molar-refractivity contribution in [3.05, 3.63) is 15.6 Å². The molecule has 3 heteroatoms. The maximum absolute atomic E-state index is 4.92. The predicted octanol–water partition coefficient (Wildman–Crippen LogP) is 3.57. The Balaban J connectivity index is 1.83. The average Bonchev–Trinajstić information content (AvgIpc) is 2.93. The van der Waals surface area contributed by atoms with Crippen LogP contribution in [0.1, 0.15) is 67.6 Å². The van der Waals surface area contributed by atoms with Crippen molar-refractivity contribution in [2.45, 2.75) is 63.8 Å². The highest BCUT2D eigenvalue weighted by molar-refractivity contribution is 7.12. The van der Waals surface area contributed by atoms with Crippen LogP contribution >= 0.6 is 11.3 Å². The van der Waals surface area contributed by atoms with Crippen molar-refractivity contribution in [2.75, 3.05) is 6.54 Å². The Kier molecular flexibility index (Phi) is 2.99. The lowest BCUT2D eigenvalue weighted by atomic mass is 9.98. The van der Waals surface area contributed by atoms with E-state index in [0.29, 0.717) is 11.5 Å². The van der Waals surface area contributed by atoms with E-state index in [1.165, 1.54) is 49.2 Å². The molecule has 1 fully saturated rings. The maximum Gasteiger partial charge on any atom is 0.0990 e. The van der Waals surface area contributed by atoms with E-state index in [1.807, 2.05) is 11.3 Å². The second kappa shape index (κ2) is 4.36. The third-order valence-electron chi connectivity index (χ3n) is 4.11. The lowest BCUT2D eigenvalue weighted by Gasteiger charge is -2.22. The SMILES string of the molecule is CCCNC1CCCc2nc(C3(C)CC3)sc21. The summed E-state index contributed by atoms with van der Waals surface area (Å²) >= 11 is 1.99. The molecule has 1 heterocycles. The summed E-state index contributed by atoms with van der Waals surface area (Å²) in [7, 11) is 0. The molecule has 1 aromatic heterocycles. The van der Waals surface area contributed by atoms with Crippen LogP contribution in [0.5, 0.6) is 0 Å². The summed E-state index contributed by atoms with van der Waals surface area (Å²) in [6, 6.07) is 0.590. The van der Waals surface area contributed by atoms with Crippen LogP contribution in [-0.4, -0.2) is 11.5 Å². The first kappa shape index (κ1) is 11.7. The minimum atomic E-state index is 0.442. The van der Waals surface area contributed by atoms with Gasteiger partial charge in [-0.3, -0.25) is 0 Å². The molecule has 1 atom stereocenters. The van der Waals surface area contributed by atoms with E-state index < -0.39 is 0 Å². The van der Waals surface area contributed by atoms with Gasteiger partial charge in [-0.05, 0) is 45.1 Å². The molecule has 0 radical (unpaired) electrons. The van der Waals surface area contributed by atoms with Gasteiger partial charge in [-0.1, -0.05) is 13.8 Å². The van der Waals surface area contributed by atoms with Crippen LogP contribution in [-0.2, 0) is 11.8 Å². The Labute approximate surface area is 108 Å². The second-order valence-electron chi connectivity index (χ2n) is 5.79. The Bertz CT molecular complexity index is 406. The van der Waals surface area contributed by atoms with Gasteiger partial charge in [-0.15, -0.1) is 11.3 Å². The van der Waals surface area contributed by atoms with Gasteiger partial charge in [-0.25, -0.2) is 4.98 Å². The van der Waals surface area contributed by atoms with Crippen molar-refractivity contribution in [3.63, 3.8) is 0 Å². The number of aryl methyl sites for hydroxylation is 1. The molecule has 0 aromatic carbocycles. The molecule has 1 aromatic rings. The molecule has 3 rings (SSSR count). The summed E-state index contributed by atoms with van der Waals surface area (Å²) in [4.78, 5) is 6.47. The summed E-state index contributed by atoms with van der Waals surface area (Å²) in [5.41, 5.74) is 1.84. The van der Waals surface area contributed by atoms with E-state index in [-0.39, 0.29) is 0 Å². The Morgan fingerprint density at radius 2 is 2.29 bits per heavy atom. The summed E-state index contributed by atoms with van der Waals surface area (Å²) in [6.45, 7) is 5.74. The van der Waals surface area contributed by atoms with Crippen molar-refractivity contribution < 1.29 is 0 Å².